The van der Waals surface area contributed by atoms with E-state index in [9.17, 15) is 13.2 Å². The van der Waals surface area contributed by atoms with Crippen LogP contribution in [0.25, 0.3) is 22.3 Å². The lowest BCUT2D eigenvalue weighted by molar-refractivity contribution is -0.137. The Morgan fingerprint density at radius 1 is 0.896 bits per heavy atom. The van der Waals surface area contributed by atoms with Gasteiger partial charge in [-0.05, 0) is 95.9 Å². The third-order valence-corrected chi connectivity index (χ3v) is 9.04. The summed E-state index contributed by atoms with van der Waals surface area (Å²) in [5.74, 6) is 2.57. The minimum Gasteiger partial charge on any atom is -0.364 e. The van der Waals surface area contributed by atoms with Crippen molar-refractivity contribution in [2.75, 3.05) is 22.9 Å². The molecule has 2 aliphatic carbocycles. The van der Waals surface area contributed by atoms with Crippen molar-refractivity contribution in [3.05, 3.63) is 76.9 Å². The van der Waals surface area contributed by atoms with Crippen molar-refractivity contribution in [3.63, 3.8) is 0 Å². The highest BCUT2D eigenvalue weighted by atomic mass is 19.4. The van der Waals surface area contributed by atoms with Crippen LogP contribution in [0.2, 0.25) is 0 Å². The molecule has 5 aromatic rings. The summed E-state index contributed by atoms with van der Waals surface area (Å²) < 4.78 is 48.7. The number of rotatable bonds is 11. The molecule has 252 valence electrons. The number of alkyl halides is 3. The fourth-order valence-corrected chi connectivity index (χ4v) is 6.26. The molecule has 0 aliphatic heterocycles. The normalized spacial score (nSPS) is 15.3. The van der Waals surface area contributed by atoms with Gasteiger partial charge >= 0.3 is 6.18 Å². The molecule has 0 saturated heterocycles. The number of halogens is 3. The summed E-state index contributed by atoms with van der Waals surface area (Å²) >= 11 is 0. The molecule has 9 nitrogen and oxygen atoms in total. The van der Waals surface area contributed by atoms with Crippen molar-refractivity contribution in [2.45, 2.75) is 85.1 Å². The molecule has 0 unspecified atom stereocenters. The second-order valence-corrected chi connectivity index (χ2v) is 14.5. The van der Waals surface area contributed by atoms with Gasteiger partial charge in [0.2, 0.25) is 5.95 Å². The second-order valence-electron chi connectivity index (χ2n) is 14.5. The zero-order valence-electron chi connectivity index (χ0n) is 28.1. The highest BCUT2D eigenvalue weighted by Crippen LogP contribution is 2.38. The Kier molecular flexibility index (Phi) is 8.15. The first-order valence-corrected chi connectivity index (χ1v) is 16.6. The average Bonchev–Trinajstić information content (AvgIpc) is 3.94. The molecule has 12 heteroatoms. The van der Waals surface area contributed by atoms with Crippen LogP contribution < -0.4 is 9.80 Å². The van der Waals surface area contributed by atoms with E-state index in [0.717, 1.165) is 41.2 Å². The molecule has 0 bridgehead atoms. The van der Waals surface area contributed by atoms with E-state index in [-0.39, 0.29) is 12.1 Å². The number of benzene rings is 1. The monoisotopic (exact) mass is 658 g/mol. The Bertz CT molecular complexity index is 1890. The third kappa shape index (κ3) is 7.02. The Hall–Kier alpha value is -4.48. The van der Waals surface area contributed by atoms with Crippen LogP contribution in [-0.4, -0.2) is 43.0 Å². The molecule has 7 rings (SSSR count). The predicted octanol–water partition coefficient (Wildman–Crippen LogP) is 8.10. The van der Waals surface area contributed by atoms with Crippen molar-refractivity contribution >= 4 is 22.8 Å². The fraction of sp³-hybridized carbons (Fsp3) is 0.472. The third-order valence-electron chi connectivity index (χ3n) is 9.04. The van der Waals surface area contributed by atoms with E-state index in [0.29, 0.717) is 46.7 Å². The van der Waals surface area contributed by atoms with Gasteiger partial charge in [0.05, 0.1) is 16.8 Å². The van der Waals surface area contributed by atoms with Crippen LogP contribution in [0.3, 0.4) is 0 Å². The molecular formula is C36H41F3N8O. The van der Waals surface area contributed by atoms with Gasteiger partial charge in [-0.25, -0.2) is 19.6 Å². The maximum Gasteiger partial charge on any atom is 0.416 e. The minimum atomic E-state index is -4.46. The number of hydrogen-bond acceptors (Lipinski definition) is 8. The molecule has 4 aromatic heterocycles. The van der Waals surface area contributed by atoms with Gasteiger partial charge in [0.15, 0.2) is 5.65 Å². The number of pyridine rings is 1. The van der Waals surface area contributed by atoms with E-state index in [1.165, 1.54) is 44.1 Å². The molecule has 1 aromatic carbocycles. The number of anilines is 2. The molecule has 0 amide bonds. The smallest absolute Gasteiger partial charge is 0.364 e. The first-order chi connectivity index (χ1) is 22.8. The van der Waals surface area contributed by atoms with Gasteiger partial charge in [-0.2, -0.15) is 18.3 Å². The highest BCUT2D eigenvalue weighted by Gasteiger charge is 2.33. The van der Waals surface area contributed by atoms with Gasteiger partial charge in [-0.3, -0.25) is 0 Å². The largest absolute Gasteiger partial charge is 0.416 e. The zero-order valence-corrected chi connectivity index (χ0v) is 28.1. The van der Waals surface area contributed by atoms with Gasteiger partial charge in [-0.15, -0.1) is 0 Å². The quantitative estimate of drug-likeness (QED) is 0.141. The lowest BCUT2D eigenvalue weighted by Crippen LogP contribution is -2.32. The van der Waals surface area contributed by atoms with E-state index < -0.39 is 11.7 Å². The maximum absolute atomic E-state index is 13.9. The molecular weight excluding hydrogens is 617 g/mol. The first-order valence-electron chi connectivity index (χ1n) is 16.6. The molecule has 0 atom stereocenters. The van der Waals surface area contributed by atoms with Crippen LogP contribution >= 0.6 is 0 Å². The van der Waals surface area contributed by atoms with Crippen LogP contribution in [0.1, 0.15) is 74.4 Å². The summed E-state index contributed by atoms with van der Waals surface area (Å²) in [4.78, 5) is 19.1. The fourth-order valence-electron chi connectivity index (χ4n) is 6.26. The van der Waals surface area contributed by atoms with Crippen LogP contribution in [0.4, 0.5) is 24.9 Å². The zero-order chi connectivity index (χ0) is 33.8. The Morgan fingerprint density at radius 3 is 2.17 bits per heavy atom. The van der Waals surface area contributed by atoms with Crippen molar-refractivity contribution in [1.82, 2.24) is 29.9 Å². The SMILES string of the molecule is Cc1cc(CN(Cc2cc3c(C)nn(C(C)(C)C)c3nc2N(CC2CC2)CC2CC2)c2ncc(-c3ccon3)cn2)cc(C(F)(F)F)c1. The van der Waals surface area contributed by atoms with Crippen LogP contribution in [0, 0.1) is 25.7 Å². The Labute approximate surface area is 278 Å². The molecule has 4 heterocycles. The lowest BCUT2D eigenvalue weighted by Gasteiger charge is -2.30. The Morgan fingerprint density at radius 2 is 1.58 bits per heavy atom. The van der Waals surface area contributed by atoms with Crippen molar-refractivity contribution in [1.29, 1.82) is 0 Å². The van der Waals surface area contributed by atoms with E-state index in [2.05, 4.69) is 46.9 Å². The second kappa shape index (κ2) is 12.2. The topological polar surface area (TPSA) is 89.0 Å². The predicted molar refractivity (Wildman–Crippen MR) is 179 cm³/mol. The highest BCUT2D eigenvalue weighted by molar-refractivity contribution is 5.82. The van der Waals surface area contributed by atoms with Gasteiger partial charge in [0, 0.05) is 61.2 Å². The van der Waals surface area contributed by atoms with Crippen LogP contribution in [0.5, 0.6) is 0 Å². The summed E-state index contributed by atoms with van der Waals surface area (Å²) in [5, 5.41) is 9.85. The number of aryl methyl sites for hydroxylation is 2. The van der Waals surface area contributed by atoms with Gasteiger partial charge in [-0.1, -0.05) is 16.8 Å². The average molecular weight is 659 g/mol. The van der Waals surface area contributed by atoms with E-state index in [1.807, 2.05) is 16.5 Å². The summed E-state index contributed by atoms with van der Waals surface area (Å²) in [7, 11) is 0. The number of nitrogens with zero attached hydrogens (tertiary/aromatic N) is 8. The van der Waals surface area contributed by atoms with Crippen molar-refractivity contribution in [2.24, 2.45) is 11.8 Å². The summed E-state index contributed by atoms with van der Waals surface area (Å²) in [6, 6.07) is 8.08. The number of hydrogen-bond donors (Lipinski definition) is 0. The minimum absolute atomic E-state index is 0.164. The summed E-state index contributed by atoms with van der Waals surface area (Å²) in [6.07, 6.45) is 5.20. The van der Waals surface area contributed by atoms with Crippen LogP contribution in [-0.2, 0) is 24.8 Å². The molecule has 2 aliphatic rings. The van der Waals surface area contributed by atoms with E-state index >= 15 is 0 Å². The molecule has 0 spiro atoms. The number of fused-ring (bicyclic) bond motifs is 1. The molecule has 2 saturated carbocycles. The maximum atomic E-state index is 13.9. The van der Waals surface area contributed by atoms with E-state index in [4.69, 9.17) is 14.6 Å². The van der Waals surface area contributed by atoms with Crippen molar-refractivity contribution in [3.8, 4) is 11.3 Å². The molecule has 0 N–H and O–H groups in total. The van der Waals surface area contributed by atoms with Crippen molar-refractivity contribution < 1.29 is 17.7 Å². The van der Waals surface area contributed by atoms with Crippen LogP contribution in [0.15, 0.2) is 53.5 Å². The van der Waals surface area contributed by atoms with Gasteiger partial charge in [0.1, 0.15) is 17.8 Å². The molecule has 0 radical (unpaired) electrons. The lowest BCUT2D eigenvalue weighted by atomic mass is 10.1. The number of aromatic nitrogens is 6. The summed E-state index contributed by atoms with van der Waals surface area (Å²) in [6.45, 7) is 12.4. The summed E-state index contributed by atoms with van der Waals surface area (Å²) in [5.41, 5.74) is 4.07. The first kappa shape index (κ1) is 32.1. The molecule has 48 heavy (non-hydrogen) atoms. The Balaban J connectivity index is 1.34. The van der Waals surface area contributed by atoms with Gasteiger partial charge < -0.3 is 14.3 Å². The van der Waals surface area contributed by atoms with E-state index in [1.54, 1.807) is 31.5 Å². The standard InChI is InChI=1S/C36H41F3N8O/c1-22-12-26(14-29(13-22)36(37,38)39)20-46(34-40-16-28(17-41-34)31-10-11-48-44-31)21-27-15-30-23(2)43-47(35(3,4)5)33(30)42-32(27)45(18-24-6-7-24)19-25-8-9-25/h10-17,24-25H,6-9,18-21H2,1-5H3. The molecule has 2 fully saturated rings. The van der Waals surface area contributed by atoms with Gasteiger partial charge in [0.25, 0.3) is 0 Å².